The first-order chi connectivity index (χ1) is 16.7. The van der Waals surface area contributed by atoms with Crippen molar-refractivity contribution in [2.75, 3.05) is 11.2 Å². The van der Waals surface area contributed by atoms with E-state index in [1.165, 1.54) is 36.4 Å². The van der Waals surface area contributed by atoms with E-state index in [1.54, 1.807) is 0 Å². The molecule has 3 aromatic rings. The second-order valence-electron chi connectivity index (χ2n) is 9.31. The van der Waals surface area contributed by atoms with E-state index in [4.69, 9.17) is 4.74 Å². The summed E-state index contributed by atoms with van der Waals surface area (Å²) in [5, 5.41) is 0. The van der Waals surface area contributed by atoms with Crippen molar-refractivity contribution in [3.8, 4) is 16.9 Å². The average Bonchev–Trinajstić information content (AvgIpc) is 3.10. The lowest BCUT2D eigenvalue weighted by Gasteiger charge is -2.38. The molecule has 3 heterocycles. The number of rotatable bonds is 6. The van der Waals surface area contributed by atoms with Gasteiger partial charge in [-0.05, 0) is 60.2 Å². The third-order valence-corrected chi connectivity index (χ3v) is 8.05. The molecular formula is C26H27F2N3O3S. The van der Waals surface area contributed by atoms with Crippen LogP contribution in [0.3, 0.4) is 0 Å². The third kappa shape index (κ3) is 4.74. The second kappa shape index (κ2) is 9.18. The number of anilines is 1. The average molecular weight is 500 g/mol. The van der Waals surface area contributed by atoms with E-state index >= 15 is 0 Å². The predicted molar refractivity (Wildman–Crippen MR) is 129 cm³/mol. The summed E-state index contributed by atoms with van der Waals surface area (Å²) in [6, 6.07) is 8.71. The number of aromatic nitrogens is 2. The molecule has 0 N–H and O–H groups in total. The Kier molecular flexibility index (Phi) is 6.21. The molecule has 0 spiro atoms. The van der Waals surface area contributed by atoms with Crippen LogP contribution in [-0.4, -0.2) is 42.8 Å². The van der Waals surface area contributed by atoms with Gasteiger partial charge in [0, 0.05) is 43.6 Å². The molecule has 35 heavy (non-hydrogen) atoms. The monoisotopic (exact) mass is 499 g/mol. The molecule has 2 fully saturated rings. The van der Waals surface area contributed by atoms with Crippen LogP contribution in [0.1, 0.15) is 38.2 Å². The zero-order chi connectivity index (χ0) is 24.7. The van der Waals surface area contributed by atoms with E-state index in [1.807, 2.05) is 12.4 Å². The number of ether oxygens (including phenoxy) is 1. The molecule has 1 aromatic heterocycles. The van der Waals surface area contributed by atoms with Crippen molar-refractivity contribution < 1.29 is 21.9 Å². The molecule has 0 aliphatic carbocycles. The van der Waals surface area contributed by atoms with Crippen LogP contribution in [0.4, 0.5) is 14.7 Å². The first-order valence-electron chi connectivity index (χ1n) is 11.8. The number of halogens is 2. The maximum Gasteiger partial charge on any atom is 0.225 e. The summed E-state index contributed by atoms with van der Waals surface area (Å²) in [5.74, 6) is -1.22. The van der Waals surface area contributed by atoms with Crippen LogP contribution in [0.5, 0.6) is 5.75 Å². The lowest BCUT2D eigenvalue weighted by molar-refractivity contribution is 0.137. The van der Waals surface area contributed by atoms with Gasteiger partial charge in [0.2, 0.25) is 5.95 Å². The molecule has 2 aliphatic heterocycles. The van der Waals surface area contributed by atoms with Crippen molar-refractivity contribution in [3.63, 3.8) is 0 Å². The maximum atomic E-state index is 15.0. The van der Waals surface area contributed by atoms with E-state index in [-0.39, 0.29) is 28.8 Å². The zero-order valence-electron chi connectivity index (χ0n) is 19.6. The Labute approximate surface area is 203 Å². The normalized spacial score (nSPS) is 21.8. The SMILES string of the molecule is CCc1cnc(N2C3CCC2CC(Oc2c(F)cc(-c4ccc(S(C)(=O)=O)cc4)cc2F)C3)nc1. The van der Waals surface area contributed by atoms with E-state index in [0.29, 0.717) is 29.9 Å². The standard InChI is InChI=1S/C26H27F2N3O3S/c1-3-16-14-29-26(30-15-16)31-19-6-7-20(31)13-21(12-19)34-25-23(27)10-18(11-24(25)28)17-4-8-22(9-5-17)35(2,32)33/h4-5,8-11,14-15,19-21H,3,6-7,12-13H2,1-2H3. The van der Waals surface area contributed by atoms with Crippen molar-refractivity contribution in [1.82, 2.24) is 9.97 Å². The molecule has 6 nitrogen and oxygen atoms in total. The first kappa shape index (κ1) is 23.7. The van der Waals surface area contributed by atoms with E-state index in [2.05, 4.69) is 21.8 Å². The zero-order valence-corrected chi connectivity index (χ0v) is 20.4. The van der Waals surface area contributed by atoms with Gasteiger partial charge < -0.3 is 9.64 Å². The number of sulfone groups is 1. The summed E-state index contributed by atoms with van der Waals surface area (Å²) in [6.45, 7) is 2.06. The van der Waals surface area contributed by atoms with Gasteiger partial charge in [-0.25, -0.2) is 27.2 Å². The molecule has 0 saturated carbocycles. The predicted octanol–water partition coefficient (Wildman–Crippen LogP) is 4.97. The lowest BCUT2D eigenvalue weighted by atomic mass is 9.99. The maximum absolute atomic E-state index is 15.0. The van der Waals surface area contributed by atoms with E-state index in [0.717, 1.165) is 31.1 Å². The van der Waals surface area contributed by atoms with Crippen LogP contribution in [0, 0.1) is 11.6 Å². The highest BCUT2D eigenvalue weighted by Gasteiger charge is 2.43. The number of benzene rings is 2. The highest BCUT2D eigenvalue weighted by atomic mass is 32.2. The van der Waals surface area contributed by atoms with Crippen LogP contribution < -0.4 is 9.64 Å². The molecule has 2 aromatic carbocycles. The molecule has 9 heteroatoms. The molecule has 2 aliphatic rings. The highest BCUT2D eigenvalue weighted by Crippen LogP contribution is 2.40. The number of hydrogen-bond acceptors (Lipinski definition) is 6. The Bertz CT molecular complexity index is 1290. The molecule has 5 rings (SSSR count). The van der Waals surface area contributed by atoms with Crippen molar-refractivity contribution in [1.29, 1.82) is 0 Å². The fourth-order valence-corrected chi connectivity index (χ4v) is 5.74. The summed E-state index contributed by atoms with van der Waals surface area (Å²) in [4.78, 5) is 11.4. The summed E-state index contributed by atoms with van der Waals surface area (Å²) in [6.07, 6.45) is 8.61. The Balaban J connectivity index is 1.31. The second-order valence-corrected chi connectivity index (χ2v) is 11.3. The van der Waals surface area contributed by atoms with Gasteiger partial charge in [0.1, 0.15) is 6.10 Å². The Morgan fingerprint density at radius 1 is 0.971 bits per heavy atom. The summed E-state index contributed by atoms with van der Waals surface area (Å²) in [5.41, 5.74) is 1.91. The largest absolute Gasteiger partial charge is 0.484 e. The van der Waals surface area contributed by atoms with Gasteiger partial charge in [0.05, 0.1) is 4.90 Å². The molecule has 2 saturated heterocycles. The minimum Gasteiger partial charge on any atom is -0.484 e. The number of aryl methyl sites for hydroxylation is 1. The van der Waals surface area contributed by atoms with Crippen molar-refractivity contribution in [2.24, 2.45) is 0 Å². The molecule has 2 atom stereocenters. The van der Waals surface area contributed by atoms with Crippen molar-refractivity contribution in [2.45, 2.75) is 62.1 Å². The fraction of sp³-hybridized carbons (Fsp3) is 0.385. The van der Waals surface area contributed by atoms with Crippen LogP contribution in [-0.2, 0) is 16.3 Å². The van der Waals surface area contributed by atoms with Gasteiger partial charge >= 0.3 is 0 Å². The number of nitrogens with zero attached hydrogens (tertiary/aromatic N) is 3. The van der Waals surface area contributed by atoms with Gasteiger partial charge in [0.25, 0.3) is 0 Å². The number of fused-ring (bicyclic) bond motifs is 2. The van der Waals surface area contributed by atoms with Crippen molar-refractivity contribution >= 4 is 15.8 Å². The first-order valence-corrected chi connectivity index (χ1v) is 13.7. The van der Waals surface area contributed by atoms with E-state index < -0.39 is 21.5 Å². The molecule has 0 amide bonds. The van der Waals surface area contributed by atoms with Gasteiger partial charge in [0.15, 0.2) is 27.2 Å². The van der Waals surface area contributed by atoms with Gasteiger partial charge in [-0.1, -0.05) is 19.1 Å². The molecular weight excluding hydrogens is 472 g/mol. The van der Waals surface area contributed by atoms with Crippen LogP contribution in [0.25, 0.3) is 11.1 Å². The minimum atomic E-state index is -3.35. The van der Waals surface area contributed by atoms with Gasteiger partial charge in [-0.2, -0.15) is 0 Å². The van der Waals surface area contributed by atoms with Gasteiger partial charge in [-0.15, -0.1) is 0 Å². The fourth-order valence-electron chi connectivity index (χ4n) is 5.11. The molecule has 0 radical (unpaired) electrons. The molecule has 2 unspecified atom stereocenters. The Morgan fingerprint density at radius 2 is 1.54 bits per heavy atom. The smallest absolute Gasteiger partial charge is 0.225 e. The van der Waals surface area contributed by atoms with Crippen LogP contribution in [0.2, 0.25) is 0 Å². The van der Waals surface area contributed by atoms with Crippen molar-refractivity contribution in [3.05, 3.63) is 66.0 Å². The molecule has 2 bridgehead atoms. The summed E-state index contributed by atoms with van der Waals surface area (Å²) >= 11 is 0. The summed E-state index contributed by atoms with van der Waals surface area (Å²) in [7, 11) is -3.35. The van der Waals surface area contributed by atoms with E-state index in [9.17, 15) is 17.2 Å². The third-order valence-electron chi connectivity index (χ3n) is 6.92. The minimum absolute atomic E-state index is 0.148. The lowest BCUT2D eigenvalue weighted by Crippen LogP contribution is -2.47. The van der Waals surface area contributed by atoms with Crippen LogP contribution in [0.15, 0.2) is 53.7 Å². The van der Waals surface area contributed by atoms with Gasteiger partial charge in [-0.3, -0.25) is 0 Å². The summed E-state index contributed by atoms with van der Waals surface area (Å²) < 4.78 is 59.1. The Hall–Kier alpha value is -3.07. The van der Waals surface area contributed by atoms with Crippen LogP contribution >= 0.6 is 0 Å². The quantitative estimate of drug-likeness (QED) is 0.477. The highest BCUT2D eigenvalue weighted by molar-refractivity contribution is 7.90. The number of hydrogen-bond donors (Lipinski definition) is 0. The number of piperidine rings is 1. The Morgan fingerprint density at radius 3 is 2.06 bits per heavy atom. The molecule has 184 valence electrons. The topological polar surface area (TPSA) is 72.4 Å².